The molecule has 0 fully saturated rings. The highest BCUT2D eigenvalue weighted by molar-refractivity contribution is 5.37. The van der Waals surface area contributed by atoms with Crippen LogP contribution in [0.1, 0.15) is 29.7 Å². The van der Waals surface area contributed by atoms with Gasteiger partial charge in [-0.3, -0.25) is 4.98 Å². The number of halogens is 1. The highest BCUT2D eigenvalue weighted by Crippen LogP contribution is 2.40. The highest BCUT2D eigenvalue weighted by atomic mass is 19.1. The Labute approximate surface area is 135 Å². The molecule has 0 saturated heterocycles. The van der Waals surface area contributed by atoms with Crippen molar-refractivity contribution in [2.75, 3.05) is 0 Å². The first-order valence-electron chi connectivity index (χ1n) is 7.53. The second-order valence-electron chi connectivity index (χ2n) is 5.76. The summed E-state index contributed by atoms with van der Waals surface area (Å²) in [5.41, 5.74) is 0.906. The van der Waals surface area contributed by atoms with Gasteiger partial charge in [-0.25, -0.2) is 4.39 Å². The lowest BCUT2D eigenvalue weighted by atomic mass is 9.76. The van der Waals surface area contributed by atoms with E-state index in [0.29, 0.717) is 5.56 Å². The van der Waals surface area contributed by atoms with Gasteiger partial charge >= 0.3 is 0 Å². The minimum atomic E-state index is -1.29. The summed E-state index contributed by atoms with van der Waals surface area (Å²) in [5, 5.41) is 11.3. The maximum absolute atomic E-state index is 13.6. The van der Waals surface area contributed by atoms with Crippen LogP contribution in [0.15, 0.2) is 79.0 Å². The molecule has 0 amide bonds. The fourth-order valence-electron chi connectivity index (χ4n) is 2.95. The zero-order valence-electron chi connectivity index (χ0n) is 12.9. The van der Waals surface area contributed by atoms with Crippen molar-refractivity contribution >= 4 is 0 Å². The summed E-state index contributed by atoms with van der Waals surface area (Å²) < 4.78 is 13.6. The first kappa shape index (κ1) is 15.4. The van der Waals surface area contributed by atoms with Crippen molar-refractivity contribution in [3.8, 4) is 0 Å². The lowest BCUT2D eigenvalue weighted by molar-refractivity contribution is 0.0377. The largest absolute Gasteiger partial charge is 0.384 e. The zero-order chi connectivity index (χ0) is 16.3. The number of rotatable bonds is 4. The van der Waals surface area contributed by atoms with Gasteiger partial charge in [0.1, 0.15) is 5.82 Å². The summed E-state index contributed by atoms with van der Waals surface area (Å²) in [5.74, 6) is -0.762. The van der Waals surface area contributed by atoms with E-state index < -0.39 is 11.5 Å². The summed E-state index contributed by atoms with van der Waals surface area (Å²) >= 11 is 0. The van der Waals surface area contributed by atoms with Crippen molar-refractivity contribution in [1.29, 1.82) is 0 Å². The Kier molecular flexibility index (Phi) is 4.22. The molecule has 0 spiro atoms. The molecule has 3 aromatic rings. The van der Waals surface area contributed by atoms with Crippen LogP contribution in [0, 0.1) is 5.82 Å². The molecule has 0 aliphatic heterocycles. The molecule has 2 atom stereocenters. The van der Waals surface area contributed by atoms with Gasteiger partial charge in [-0.2, -0.15) is 0 Å². The Hall–Kier alpha value is -2.52. The van der Waals surface area contributed by atoms with Crippen LogP contribution in [0.4, 0.5) is 4.39 Å². The van der Waals surface area contributed by atoms with Crippen molar-refractivity contribution in [2.45, 2.75) is 18.4 Å². The Bertz CT molecular complexity index is 732. The predicted octanol–water partition coefficient (Wildman–Crippen LogP) is 4.26. The Morgan fingerprint density at radius 2 is 1.70 bits per heavy atom. The number of aliphatic hydroxyl groups is 1. The number of hydrogen-bond donors (Lipinski definition) is 1. The van der Waals surface area contributed by atoms with Crippen LogP contribution < -0.4 is 0 Å². The van der Waals surface area contributed by atoms with Crippen LogP contribution in [0.5, 0.6) is 0 Å². The second kappa shape index (κ2) is 6.31. The third-order valence-corrected chi connectivity index (χ3v) is 4.09. The average Bonchev–Trinajstić information content (AvgIpc) is 2.57. The quantitative estimate of drug-likeness (QED) is 0.781. The molecule has 2 nitrogen and oxygen atoms in total. The molecule has 0 radical (unpaired) electrons. The van der Waals surface area contributed by atoms with Crippen LogP contribution >= 0.6 is 0 Å². The molecule has 3 heteroatoms. The SMILES string of the molecule is C[C@@](O)(c1cccc(F)c1)[C@H](c1ccccc1)c1ccccn1. The number of pyridine rings is 1. The molecule has 0 unspecified atom stereocenters. The number of aromatic nitrogens is 1. The summed E-state index contributed by atoms with van der Waals surface area (Å²) in [7, 11) is 0. The van der Waals surface area contributed by atoms with E-state index in [9.17, 15) is 9.50 Å². The highest BCUT2D eigenvalue weighted by Gasteiger charge is 2.37. The predicted molar refractivity (Wildman–Crippen MR) is 88.5 cm³/mol. The van der Waals surface area contributed by atoms with Gasteiger partial charge in [-0.1, -0.05) is 48.5 Å². The monoisotopic (exact) mass is 307 g/mol. The summed E-state index contributed by atoms with van der Waals surface area (Å²) in [6.45, 7) is 1.70. The van der Waals surface area contributed by atoms with Crippen molar-refractivity contribution in [2.24, 2.45) is 0 Å². The van der Waals surface area contributed by atoms with E-state index in [2.05, 4.69) is 4.98 Å². The normalized spacial score (nSPS) is 14.9. The van der Waals surface area contributed by atoms with Gasteiger partial charge in [0.15, 0.2) is 0 Å². The third kappa shape index (κ3) is 3.15. The average molecular weight is 307 g/mol. The van der Waals surface area contributed by atoms with E-state index in [1.807, 2.05) is 48.5 Å². The van der Waals surface area contributed by atoms with Crippen molar-refractivity contribution < 1.29 is 9.50 Å². The van der Waals surface area contributed by atoms with E-state index in [4.69, 9.17) is 0 Å². The molecule has 23 heavy (non-hydrogen) atoms. The van der Waals surface area contributed by atoms with Gasteiger partial charge < -0.3 is 5.11 Å². The first-order valence-corrected chi connectivity index (χ1v) is 7.53. The van der Waals surface area contributed by atoms with Gasteiger partial charge in [-0.15, -0.1) is 0 Å². The lowest BCUT2D eigenvalue weighted by Crippen LogP contribution is -2.31. The zero-order valence-corrected chi connectivity index (χ0v) is 12.9. The lowest BCUT2D eigenvalue weighted by Gasteiger charge is -2.33. The van der Waals surface area contributed by atoms with Crippen LogP contribution in [-0.2, 0) is 5.60 Å². The molecule has 0 bridgehead atoms. The molecule has 0 saturated carbocycles. The molecule has 1 heterocycles. The molecule has 116 valence electrons. The fourth-order valence-corrected chi connectivity index (χ4v) is 2.95. The van der Waals surface area contributed by atoms with E-state index in [0.717, 1.165) is 11.3 Å². The van der Waals surface area contributed by atoms with Crippen molar-refractivity contribution in [3.63, 3.8) is 0 Å². The summed E-state index contributed by atoms with van der Waals surface area (Å²) in [4.78, 5) is 4.42. The third-order valence-electron chi connectivity index (χ3n) is 4.09. The molecule has 3 rings (SSSR count). The van der Waals surface area contributed by atoms with Crippen LogP contribution in [0.25, 0.3) is 0 Å². The van der Waals surface area contributed by atoms with E-state index in [-0.39, 0.29) is 5.82 Å². The second-order valence-corrected chi connectivity index (χ2v) is 5.76. The van der Waals surface area contributed by atoms with Gasteiger partial charge in [0.2, 0.25) is 0 Å². The molecule has 1 aromatic heterocycles. The molecule has 2 aromatic carbocycles. The van der Waals surface area contributed by atoms with Crippen LogP contribution in [0.3, 0.4) is 0 Å². The van der Waals surface area contributed by atoms with Crippen molar-refractivity contribution in [1.82, 2.24) is 4.98 Å². The van der Waals surface area contributed by atoms with Crippen molar-refractivity contribution in [3.05, 3.63) is 102 Å². The fraction of sp³-hybridized carbons (Fsp3) is 0.150. The molecular formula is C20H18FNO. The maximum Gasteiger partial charge on any atom is 0.123 e. The minimum absolute atomic E-state index is 0.365. The van der Waals surface area contributed by atoms with Crippen LogP contribution in [-0.4, -0.2) is 10.1 Å². The maximum atomic E-state index is 13.6. The van der Waals surface area contributed by atoms with Gasteiger partial charge in [-0.05, 0) is 42.3 Å². The molecular weight excluding hydrogens is 289 g/mol. The molecule has 0 aliphatic carbocycles. The Balaban J connectivity index is 2.15. The standard InChI is InChI=1S/C20H18FNO/c1-20(23,16-10-7-11-17(21)14-16)19(15-8-3-2-4-9-15)18-12-5-6-13-22-18/h2-14,19,23H,1H3/t19-,20-/m1/s1. The Morgan fingerprint density at radius 1 is 0.957 bits per heavy atom. The Morgan fingerprint density at radius 3 is 2.35 bits per heavy atom. The first-order chi connectivity index (χ1) is 11.1. The number of benzene rings is 2. The summed E-state index contributed by atoms with van der Waals surface area (Å²) in [6, 6.07) is 21.4. The van der Waals surface area contributed by atoms with E-state index >= 15 is 0 Å². The van der Waals surface area contributed by atoms with Crippen LogP contribution in [0.2, 0.25) is 0 Å². The number of hydrogen-bond acceptors (Lipinski definition) is 2. The molecule has 0 aliphatic rings. The van der Waals surface area contributed by atoms with Gasteiger partial charge in [0, 0.05) is 6.20 Å². The van der Waals surface area contributed by atoms with Gasteiger partial charge in [0.05, 0.1) is 17.2 Å². The number of nitrogens with zero attached hydrogens (tertiary/aromatic N) is 1. The summed E-state index contributed by atoms with van der Waals surface area (Å²) in [6.07, 6.45) is 1.70. The minimum Gasteiger partial charge on any atom is -0.384 e. The van der Waals surface area contributed by atoms with E-state index in [1.54, 1.807) is 25.3 Å². The van der Waals surface area contributed by atoms with E-state index in [1.165, 1.54) is 12.1 Å². The smallest absolute Gasteiger partial charge is 0.123 e. The topological polar surface area (TPSA) is 33.1 Å². The molecule has 1 N–H and O–H groups in total. The van der Waals surface area contributed by atoms with Gasteiger partial charge in [0.25, 0.3) is 0 Å².